The number of fused-ring (bicyclic) bond motifs is 1. The average Bonchev–Trinajstić information content (AvgIpc) is 3.54. The molecule has 1 fully saturated rings. The third-order valence-corrected chi connectivity index (χ3v) is 9.93. The Balaban J connectivity index is 1.61. The second kappa shape index (κ2) is 16.3. The van der Waals surface area contributed by atoms with Gasteiger partial charge in [-0.15, -0.1) is 9.24 Å². The number of nitrogens with two attached hydrogens (primary N) is 1. The maximum atomic E-state index is 12.6. The first-order chi connectivity index (χ1) is 22.2. The monoisotopic (exact) mass is 767 g/mol. The fourth-order valence-corrected chi connectivity index (χ4v) is 7.12. The molecule has 1 aliphatic heterocycles. The highest BCUT2D eigenvalue weighted by Gasteiger charge is 2.50. The molecule has 23 nitrogen and oxygen atoms in total. The van der Waals surface area contributed by atoms with Gasteiger partial charge in [-0.2, -0.15) is 4.31 Å². The number of aliphatic hydroxyl groups is 2. The van der Waals surface area contributed by atoms with E-state index < -0.39 is 78.6 Å². The number of phosphoric acid groups is 3. The van der Waals surface area contributed by atoms with Crippen molar-refractivity contribution in [1.82, 2.24) is 30.2 Å². The smallest absolute Gasteiger partial charge is 0.386 e. The number of phosphoric ester groups is 3. The number of rotatable bonds is 18. The fourth-order valence-electron chi connectivity index (χ4n) is 4.15. The standard InChI is InChI=1S/C21H37N7O16P4/c1-21(2,16(31)19(32)24-4-3-12(29)23-5-6-45)8-41-48(38,39)44-47(36,37)40-7-11-15(43-46(33,34)35)14(30)20(42-11)28-10-27-13-17(22)25-9-26-18(13)28/h9-11,14-16,20,30-31H,3-8,45H2,1-2H3,(H,23,29)(H,24,32)(H,36,37)(H,38,39)(H2,22,25,26)(H2,33,34,35)/t11-,14-,15-,16+,20-/m1/s1. The molecule has 3 heterocycles. The van der Waals surface area contributed by atoms with Crippen molar-refractivity contribution in [1.29, 1.82) is 0 Å². The van der Waals surface area contributed by atoms with Gasteiger partial charge in [0.2, 0.25) is 11.8 Å². The third-order valence-electron chi connectivity index (χ3n) is 6.54. The molecule has 3 rings (SSSR count). The van der Waals surface area contributed by atoms with Gasteiger partial charge >= 0.3 is 23.5 Å². The molecule has 8 atom stereocenters. The Morgan fingerprint density at radius 1 is 1.10 bits per heavy atom. The largest absolute Gasteiger partial charge is 0.481 e. The van der Waals surface area contributed by atoms with Gasteiger partial charge in [0.05, 0.1) is 19.5 Å². The van der Waals surface area contributed by atoms with Crippen molar-refractivity contribution in [3.8, 4) is 0 Å². The topological polar surface area (TPSA) is 347 Å². The van der Waals surface area contributed by atoms with E-state index in [1.165, 1.54) is 13.8 Å². The second-order valence-corrected chi connectivity index (χ2v) is 15.7. The van der Waals surface area contributed by atoms with E-state index in [1.807, 2.05) is 0 Å². The molecule has 1 aliphatic rings. The molecular weight excluding hydrogens is 730 g/mol. The number of hydrogen-bond donors (Lipinski definition) is 9. The van der Waals surface area contributed by atoms with Gasteiger partial charge < -0.3 is 50.9 Å². The van der Waals surface area contributed by atoms with Gasteiger partial charge in [0.1, 0.15) is 36.3 Å². The summed E-state index contributed by atoms with van der Waals surface area (Å²) in [6, 6.07) is 0. The lowest BCUT2D eigenvalue weighted by molar-refractivity contribution is -0.137. The minimum Gasteiger partial charge on any atom is -0.386 e. The van der Waals surface area contributed by atoms with Crippen LogP contribution in [0, 0.1) is 5.41 Å². The molecule has 0 aromatic carbocycles. The molecule has 3 unspecified atom stereocenters. The van der Waals surface area contributed by atoms with Crippen LogP contribution >= 0.6 is 32.7 Å². The van der Waals surface area contributed by atoms with Gasteiger partial charge in [-0.25, -0.2) is 28.6 Å². The summed E-state index contributed by atoms with van der Waals surface area (Å²) < 4.78 is 61.7. The lowest BCUT2D eigenvalue weighted by Gasteiger charge is -2.30. The molecule has 2 aromatic rings. The maximum Gasteiger partial charge on any atom is 0.481 e. The number of carbonyl (C=O) groups is 2. The first kappa shape index (κ1) is 40.4. The highest BCUT2D eigenvalue weighted by Crippen LogP contribution is 2.61. The van der Waals surface area contributed by atoms with Crippen molar-refractivity contribution in [3.05, 3.63) is 12.7 Å². The van der Waals surface area contributed by atoms with E-state index in [2.05, 4.69) is 43.7 Å². The third kappa shape index (κ3) is 11.2. The highest BCUT2D eigenvalue weighted by molar-refractivity contribution is 7.61. The summed E-state index contributed by atoms with van der Waals surface area (Å²) in [5.41, 5.74) is 4.31. The van der Waals surface area contributed by atoms with Crippen LogP contribution in [-0.4, -0.2) is 118 Å². The van der Waals surface area contributed by atoms with Crippen LogP contribution in [0.2, 0.25) is 0 Å². The summed E-state index contributed by atoms with van der Waals surface area (Å²) in [5, 5.41) is 26.2. The van der Waals surface area contributed by atoms with Crippen molar-refractivity contribution in [2.45, 2.75) is 50.9 Å². The number of ether oxygens (including phenoxy) is 1. The minimum atomic E-state index is -5.53. The van der Waals surface area contributed by atoms with Crippen LogP contribution in [0.4, 0.5) is 5.82 Å². The molecule has 0 spiro atoms. The number of aromatic nitrogens is 4. The molecule has 0 aliphatic carbocycles. The molecular formula is C21H37N7O16P4. The lowest BCUT2D eigenvalue weighted by atomic mass is 9.87. The summed E-state index contributed by atoms with van der Waals surface area (Å²) in [6.45, 7) is 0.862. The molecule has 48 heavy (non-hydrogen) atoms. The summed E-state index contributed by atoms with van der Waals surface area (Å²) >= 11 is 0. The van der Waals surface area contributed by atoms with Crippen molar-refractivity contribution in [2.24, 2.45) is 5.41 Å². The Morgan fingerprint density at radius 3 is 2.42 bits per heavy atom. The number of anilines is 1. The summed E-state index contributed by atoms with van der Waals surface area (Å²) in [5.74, 6) is -1.31. The Hall–Kier alpha value is -2.03. The number of imidazole rings is 1. The SMILES string of the molecule is CC(C)(COP(=O)(O)OP(=O)(O)OC[C@H]1O[C@@H](n2cnc3c(N)ncnc32)[C@H](O)[C@@H]1OP(=O)(O)O)[C@@H](O)C(=O)NCCC(=O)NCCP. The Kier molecular flexibility index (Phi) is 13.7. The second-order valence-electron chi connectivity index (χ2n) is 10.9. The zero-order valence-electron chi connectivity index (χ0n) is 25.3. The van der Waals surface area contributed by atoms with Gasteiger partial charge in [0.25, 0.3) is 0 Å². The molecule has 0 saturated carbocycles. The van der Waals surface area contributed by atoms with E-state index in [1.54, 1.807) is 0 Å². The van der Waals surface area contributed by atoms with Crippen LogP contribution in [0.3, 0.4) is 0 Å². The summed E-state index contributed by atoms with van der Waals surface area (Å²) in [7, 11) is -13.9. The van der Waals surface area contributed by atoms with Crippen molar-refractivity contribution < 1.29 is 75.7 Å². The molecule has 27 heteroatoms. The van der Waals surface area contributed by atoms with Gasteiger partial charge in [-0.1, -0.05) is 13.8 Å². The Morgan fingerprint density at radius 2 is 1.77 bits per heavy atom. The minimum absolute atomic E-state index is 0.0348. The Labute approximate surface area is 274 Å². The number of hydrogen-bond acceptors (Lipinski definition) is 16. The Bertz CT molecular complexity index is 1590. The zero-order chi connectivity index (χ0) is 36.1. The van der Waals surface area contributed by atoms with Crippen molar-refractivity contribution in [2.75, 3.05) is 38.2 Å². The van der Waals surface area contributed by atoms with Crippen molar-refractivity contribution >= 4 is 61.5 Å². The first-order valence-electron chi connectivity index (χ1n) is 13.8. The molecule has 0 bridgehead atoms. The van der Waals surface area contributed by atoms with Crippen LogP contribution in [0.15, 0.2) is 12.7 Å². The van der Waals surface area contributed by atoms with Crippen LogP contribution in [-0.2, 0) is 45.9 Å². The van der Waals surface area contributed by atoms with E-state index in [9.17, 15) is 53.1 Å². The summed E-state index contributed by atoms with van der Waals surface area (Å²) in [4.78, 5) is 74.7. The predicted molar refractivity (Wildman–Crippen MR) is 164 cm³/mol. The van der Waals surface area contributed by atoms with E-state index in [-0.39, 0.29) is 35.9 Å². The van der Waals surface area contributed by atoms with Crippen molar-refractivity contribution in [3.63, 3.8) is 0 Å². The molecule has 10 N–H and O–H groups in total. The fraction of sp³-hybridized carbons (Fsp3) is 0.667. The van der Waals surface area contributed by atoms with E-state index in [0.29, 0.717) is 12.7 Å². The number of nitrogen functional groups attached to an aromatic ring is 1. The van der Waals surface area contributed by atoms with Gasteiger partial charge in [-0.3, -0.25) is 27.7 Å². The van der Waals surface area contributed by atoms with Gasteiger partial charge in [0.15, 0.2) is 17.7 Å². The number of aliphatic hydroxyl groups excluding tert-OH is 2. The molecule has 0 radical (unpaired) electrons. The van der Waals surface area contributed by atoms with Crippen LogP contribution in [0.25, 0.3) is 11.2 Å². The molecule has 272 valence electrons. The quantitative estimate of drug-likeness (QED) is 0.0762. The predicted octanol–water partition coefficient (Wildman–Crippen LogP) is -1.72. The molecule has 2 aromatic heterocycles. The number of carbonyl (C=O) groups excluding carboxylic acids is 2. The lowest BCUT2D eigenvalue weighted by Crippen LogP contribution is -2.46. The zero-order valence-corrected chi connectivity index (χ0v) is 29.2. The highest BCUT2D eigenvalue weighted by atomic mass is 31.3. The number of nitrogens with zero attached hydrogens (tertiary/aromatic N) is 4. The molecule has 2 amide bonds. The van der Waals surface area contributed by atoms with Crippen LogP contribution < -0.4 is 16.4 Å². The van der Waals surface area contributed by atoms with E-state index in [4.69, 9.17) is 19.5 Å². The first-order valence-corrected chi connectivity index (χ1v) is 19.1. The van der Waals surface area contributed by atoms with E-state index in [0.717, 1.165) is 17.2 Å². The number of nitrogens with one attached hydrogen (secondary N) is 2. The normalized spacial score (nSPS) is 23.4. The van der Waals surface area contributed by atoms with Gasteiger partial charge in [-0.05, 0) is 6.16 Å². The summed E-state index contributed by atoms with van der Waals surface area (Å²) in [6.07, 6.45) is -6.06. The molecule has 1 saturated heterocycles. The van der Waals surface area contributed by atoms with E-state index >= 15 is 0 Å². The van der Waals surface area contributed by atoms with Crippen LogP contribution in [0.1, 0.15) is 26.5 Å². The average molecular weight is 767 g/mol. The number of amides is 2. The maximum absolute atomic E-state index is 12.6. The van der Waals surface area contributed by atoms with Crippen LogP contribution in [0.5, 0.6) is 0 Å². The van der Waals surface area contributed by atoms with Gasteiger partial charge in [0, 0.05) is 24.9 Å².